The van der Waals surface area contributed by atoms with Crippen molar-refractivity contribution in [1.82, 2.24) is 15.5 Å². The second-order valence-corrected chi connectivity index (χ2v) is 6.89. The van der Waals surface area contributed by atoms with Gasteiger partial charge in [-0.1, -0.05) is 29.4 Å². The first-order valence-corrected chi connectivity index (χ1v) is 9.20. The van der Waals surface area contributed by atoms with Crippen LogP contribution in [0.2, 0.25) is 0 Å². The summed E-state index contributed by atoms with van der Waals surface area (Å²) < 4.78 is 11.5. The minimum Gasteiger partial charge on any atom is -0.497 e. The molecule has 1 aromatic heterocycles. The van der Waals surface area contributed by atoms with Gasteiger partial charge in [0.15, 0.2) is 0 Å². The van der Waals surface area contributed by atoms with Gasteiger partial charge in [-0.25, -0.2) is 0 Å². The van der Waals surface area contributed by atoms with E-state index in [0.29, 0.717) is 31.1 Å². The van der Waals surface area contributed by atoms with Gasteiger partial charge in [-0.05, 0) is 52.4 Å². The van der Waals surface area contributed by atoms with Crippen LogP contribution in [0, 0.1) is 3.57 Å². The second kappa shape index (κ2) is 8.79. The van der Waals surface area contributed by atoms with E-state index >= 15 is 0 Å². The average molecular weight is 463 g/mol. The molecule has 3 rings (SSSR count). The van der Waals surface area contributed by atoms with Crippen LogP contribution in [0.1, 0.15) is 17.9 Å². The zero-order valence-corrected chi connectivity index (χ0v) is 16.4. The van der Waals surface area contributed by atoms with Gasteiger partial charge in [0.1, 0.15) is 5.75 Å². The first-order valence-electron chi connectivity index (χ1n) is 8.12. The van der Waals surface area contributed by atoms with E-state index in [1.165, 1.54) is 0 Å². The van der Waals surface area contributed by atoms with Gasteiger partial charge < -0.3 is 14.6 Å². The monoisotopic (exact) mass is 463 g/mol. The van der Waals surface area contributed by atoms with E-state index in [1.54, 1.807) is 7.11 Å². The Hall–Kier alpha value is -2.42. The van der Waals surface area contributed by atoms with Crippen molar-refractivity contribution < 1.29 is 14.1 Å². The lowest BCUT2D eigenvalue weighted by Crippen LogP contribution is -2.23. The largest absolute Gasteiger partial charge is 0.497 e. The molecule has 6 nitrogen and oxygen atoms in total. The number of halogens is 1. The molecule has 0 spiro atoms. The highest BCUT2D eigenvalue weighted by Crippen LogP contribution is 2.17. The predicted octanol–water partition coefficient (Wildman–Crippen LogP) is 3.60. The molecule has 0 fully saturated rings. The summed E-state index contributed by atoms with van der Waals surface area (Å²) in [6, 6.07) is 15.4. The lowest BCUT2D eigenvalue weighted by Gasteiger charge is -2.05. The fourth-order valence-corrected chi connectivity index (χ4v) is 2.69. The van der Waals surface area contributed by atoms with Crippen LogP contribution in [0.5, 0.6) is 5.75 Å². The molecular weight excluding hydrogens is 445 g/mol. The molecule has 0 aliphatic carbocycles. The number of rotatable bonds is 7. The van der Waals surface area contributed by atoms with Crippen molar-refractivity contribution in [3.63, 3.8) is 0 Å². The maximum Gasteiger partial charge on any atom is 0.227 e. The van der Waals surface area contributed by atoms with E-state index in [-0.39, 0.29) is 5.91 Å². The topological polar surface area (TPSA) is 77.2 Å². The number of nitrogens with one attached hydrogen (secondary N) is 1. The Labute approximate surface area is 165 Å². The molecule has 1 N–H and O–H groups in total. The Bertz CT molecular complexity index is 860. The van der Waals surface area contributed by atoms with Crippen LogP contribution in [0.4, 0.5) is 0 Å². The Balaban J connectivity index is 1.47. The molecule has 7 heteroatoms. The number of nitrogens with zero attached hydrogens (tertiary/aromatic N) is 2. The number of benzene rings is 2. The quantitative estimate of drug-likeness (QED) is 0.542. The zero-order chi connectivity index (χ0) is 18.4. The summed E-state index contributed by atoms with van der Waals surface area (Å²) in [5.41, 5.74) is 1.90. The fraction of sp³-hybridized carbons (Fsp3) is 0.211. The normalized spacial score (nSPS) is 10.5. The number of ether oxygens (including phenoxy) is 1. The van der Waals surface area contributed by atoms with Crippen LogP contribution in [-0.4, -0.2) is 23.2 Å². The first kappa shape index (κ1) is 18.4. The molecule has 1 heterocycles. The summed E-state index contributed by atoms with van der Waals surface area (Å²) in [7, 11) is 1.62. The van der Waals surface area contributed by atoms with Crippen molar-refractivity contribution in [2.24, 2.45) is 0 Å². The Morgan fingerprint density at radius 3 is 2.58 bits per heavy atom. The van der Waals surface area contributed by atoms with E-state index < -0.39 is 0 Å². The Kier molecular flexibility index (Phi) is 6.21. The van der Waals surface area contributed by atoms with E-state index in [1.807, 2.05) is 48.5 Å². The van der Waals surface area contributed by atoms with Gasteiger partial charge in [0.25, 0.3) is 0 Å². The molecule has 0 radical (unpaired) electrons. The van der Waals surface area contributed by atoms with Gasteiger partial charge in [0.05, 0.1) is 7.11 Å². The molecule has 1 amide bonds. The fourth-order valence-electron chi connectivity index (χ4n) is 2.33. The zero-order valence-electron chi connectivity index (χ0n) is 14.2. The Morgan fingerprint density at radius 2 is 1.88 bits per heavy atom. The summed E-state index contributed by atoms with van der Waals surface area (Å²) in [6.45, 7) is 0.473. The third kappa shape index (κ3) is 5.04. The smallest absolute Gasteiger partial charge is 0.227 e. The number of hydrogen-bond acceptors (Lipinski definition) is 5. The highest BCUT2D eigenvalue weighted by molar-refractivity contribution is 14.1. The maximum absolute atomic E-state index is 12.0. The molecule has 0 saturated heterocycles. The van der Waals surface area contributed by atoms with Crippen LogP contribution >= 0.6 is 22.6 Å². The van der Waals surface area contributed by atoms with Gasteiger partial charge in [0, 0.05) is 28.5 Å². The van der Waals surface area contributed by atoms with Gasteiger partial charge in [-0.3, -0.25) is 4.79 Å². The number of methoxy groups -OCH3 is 1. The van der Waals surface area contributed by atoms with Gasteiger partial charge in [-0.2, -0.15) is 4.98 Å². The molecular formula is C19H18IN3O3. The molecule has 0 aliphatic heterocycles. The van der Waals surface area contributed by atoms with Crippen molar-refractivity contribution in [1.29, 1.82) is 0 Å². The van der Waals surface area contributed by atoms with Gasteiger partial charge in [0.2, 0.25) is 17.6 Å². The number of carbonyl (C=O) groups excluding carboxylic acids is 1. The van der Waals surface area contributed by atoms with E-state index in [4.69, 9.17) is 9.26 Å². The third-order valence-corrected chi connectivity index (χ3v) is 4.50. The van der Waals surface area contributed by atoms with Crippen molar-refractivity contribution in [2.75, 3.05) is 7.11 Å². The SMILES string of the molecule is COc1ccc(CNC(=O)CCc2nc(-c3ccc(I)cc3)no2)cc1. The van der Waals surface area contributed by atoms with Crippen LogP contribution in [0.15, 0.2) is 53.1 Å². The minimum atomic E-state index is -0.0603. The number of amides is 1. The standard InChI is InChI=1S/C19H18IN3O3/c1-25-16-8-2-13(3-9-16)12-21-17(24)10-11-18-22-19(23-26-18)14-4-6-15(20)7-5-14/h2-9H,10-12H2,1H3,(H,21,24). The highest BCUT2D eigenvalue weighted by atomic mass is 127. The Morgan fingerprint density at radius 1 is 1.15 bits per heavy atom. The number of hydrogen-bond donors (Lipinski definition) is 1. The molecule has 26 heavy (non-hydrogen) atoms. The van der Waals surface area contributed by atoms with Crippen molar-refractivity contribution >= 4 is 28.5 Å². The van der Waals surface area contributed by atoms with E-state index in [9.17, 15) is 4.79 Å². The number of carbonyl (C=O) groups is 1. The molecule has 0 saturated carbocycles. The predicted molar refractivity (Wildman–Crippen MR) is 106 cm³/mol. The summed E-state index contributed by atoms with van der Waals surface area (Å²) in [5, 5.41) is 6.85. The van der Waals surface area contributed by atoms with Gasteiger partial charge in [-0.15, -0.1) is 0 Å². The lowest BCUT2D eigenvalue weighted by atomic mass is 10.2. The molecule has 0 bridgehead atoms. The summed E-state index contributed by atoms with van der Waals surface area (Å²) in [5.74, 6) is 1.73. The number of aryl methyl sites for hydroxylation is 1. The van der Waals surface area contributed by atoms with E-state index in [2.05, 4.69) is 38.0 Å². The lowest BCUT2D eigenvalue weighted by molar-refractivity contribution is -0.121. The van der Waals surface area contributed by atoms with Crippen molar-refractivity contribution in [3.05, 3.63) is 63.6 Å². The van der Waals surface area contributed by atoms with E-state index in [0.717, 1.165) is 20.4 Å². The molecule has 134 valence electrons. The highest BCUT2D eigenvalue weighted by Gasteiger charge is 2.10. The van der Waals surface area contributed by atoms with Crippen LogP contribution in [0.25, 0.3) is 11.4 Å². The van der Waals surface area contributed by atoms with Crippen LogP contribution < -0.4 is 10.1 Å². The molecule has 3 aromatic rings. The molecule has 0 atom stereocenters. The first-order chi connectivity index (χ1) is 12.6. The third-order valence-electron chi connectivity index (χ3n) is 3.79. The summed E-state index contributed by atoms with van der Waals surface area (Å²) in [4.78, 5) is 16.3. The summed E-state index contributed by atoms with van der Waals surface area (Å²) in [6.07, 6.45) is 0.705. The maximum atomic E-state index is 12.0. The van der Waals surface area contributed by atoms with Crippen molar-refractivity contribution in [3.8, 4) is 17.1 Å². The molecule has 0 aliphatic rings. The van der Waals surface area contributed by atoms with Crippen LogP contribution in [0.3, 0.4) is 0 Å². The second-order valence-electron chi connectivity index (χ2n) is 5.64. The summed E-state index contributed by atoms with van der Waals surface area (Å²) >= 11 is 2.24. The minimum absolute atomic E-state index is 0.0603. The number of aromatic nitrogens is 2. The molecule has 2 aromatic carbocycles. The van der Waals surface area contributed by atoms with Gasteiger partial charge >= 0.3 is 0 Å². The molecule has 0 unspecified atom stereocenters. The average Bonchev–Trinajstić information content (AvgIpc) is 3.14. The van der Waals surface area contributed by atoms with Crippen molar-refractivity contribution in [2.45, 2.75) is 19.4 Å². The van der Waals surface area contributed by atoms with Crippen LogP contribution in [-0.2, 0) is 17.8 Å².